The number of fused-ring (bicyclic) bond motifs is 1. The minimum absolute atomic E-state index is 0.256. The molecule has 7 heteroatoms. The molecule has 1 aromatic heterocycles. The summed E-state index contributed by atoms with van der Waals surface area (Å²) in [4.78, 5) is 2.52. The zero-order valence-electron chi connectivity index (χ0n) is 15.5. The number of sulfonamides is 1. The number of benzene rings is 1. The van der Waals surface area contributed by atoms with Crippen molar-refractivity contribution in [3.63, 3.8) is 0 Å². The van der Waals surface area contributed by atoms with E-state index in [9.17, 15) is 8.42 Å². The number of hydrogen-bond donors (Lipinski definition) is 1. The van der Waals surface area contributed by atoms with E-state index in [1.807, 2.05) is 12.1 Å². The summed E-state index contributed by atoms with van der Waals surface area (Å²) in [6, 6.07) is 8.98. The highest BCUT2D eigenvalue weighted by atomic mass is 32.2. The molecule has 0 atom stereocenters. The second-order valence-electron chi connectivity index (χ2n) is 7.42. The van der Waals surface area contributed by atoms with Crippen molar-refractivity contribution in [2.45, 2.75) is 56.3 Å². The smallest absolute Gasteiger partial charge is 0.263 e. The molecule has 2 aliphatic rings. The second-order valence-corrected chi connectivity index (χ2v) is 9.10. The molecule has 1 fully saturated rings. The maximum absolute atomic E-state index is 12.7. The molecule has 27 heavy (non-hydrogen) atoms. The van der Waals surface area contributed by atoms with Gasteiger partial charge in [-0.3, -0.25) is 4.72 Å². The molecule has 0 bridgehead atoms. The highest BCUT2D eigenvalue weighted by Gasteiger charge is 2.19. The molecule has 4 rings (SSSR count). The van der Waals surface area contributed by atoms with Crippen molar-refractivity contribution in [3.8, 4) is 0 Å². The average Bonchev–Trinajstić information content (AvgIpc) is 2.97. The molecule has 2 heterocycles. The van der Waals surface area contributed by atoms with Crippen LogP contribution in [0.2, 0.25) is 0 Å². The lowest BCUT2D eigenvalue weighted by molar-refractivity contribution is 0.600. The molecule has 2 aromatic rings. The second kappa shape index (κ2) is 7.84. The van der Waals surface area contributed by atoms with E-state index in [0.717, 1.165) is 56.6 Å². The van der Waals surface area contributed by atoms with Gasteiger partial charge in [0.05, 0.1) is 4.90 Å². The van der Waals surface area contributed by atoms with E-state index in [4.69, 9.17) is 0 Å². The number of nitrogens with one attached hydrogen (secondary N) is 1. The summed E-state index contributed by atoms with van der Waals surface area (Å²) >= 11 is 0. The van der Waals surface area contributed by atoms with Gasteiger partial charge in [-0.2, -0.15) is 0 Å². The van der Waals surface area contributed by atoms with Crippen LogP contribution in [0.5, 0.6) is 0 Å². The van der Waals surface area contributed by atoms with Gasteiger partial charge in [0.25, 0.3) is 10.0 Å². The highest BCUT2D eigenvalue weighted by molar-refractivity contribution is 7.92. The summed E-state index contributed by atoms with van der Waals surface area (Å²) in [6.45, 7) is 1.96. The van der Waals surface area contributed by atoms with Crippen LogP contribution in [0.15, 0.2) is 35.2 Å². The Hall–Kier alpha value is -2.15. The lowest BCUT2D eigenvalue weighted by Gasteiger charge is -2.20. The lowest BCUT2D eigenvalue weighted by atomic mass is 9.92. The van der Waals surface area contributed by atoms with Gasteiger partial charge in [-0.1, -0.05) is 18.9 Å². The standard InChI is InChI=1S/C20H26N4O2S/c25-27(26,18-10-9-16-7-3-4-8-17(16)15-18)23-19-11-12-20(22-21-19)24-13-5-1-2-6-14-24/h9-12,15H,1-8,13-14H2,(H,21,23). The summed E-state index contributed by atoms with van der Waals surface area (Å²) in [5.74, 6) is 1.07. The van der Waals surface area contributed by atoms with E-state index in [1.165, 1.54) is 24.8 Å². The van der Waals surface area contributed by atoms with Gasteiger partial charge in [-0.15, -0.1) is 10.2 Å². The Morgan fingerprint density at radius 1 is 0.815 bits per heavy atom. The van der Waals surface area contributed by atoms with E-state index in [2.05, 4.69) is 19.8 Å². The van der Waals surface area contributed by atoms with Crippen molar-refractivity contribution in [2.24, 2.45) is 0 Å². The number of aromatic nitrogens is 2. The van der Waals surface area contributed by atoms with E-state index in [1.54, 1.807) is 18.2 Å². The fourth-order valence-corrected chi connectivity index (χ4v) is 4.97. The van der Waals surface area contributed by atoms with Gasteiger partial charge in [0.15, 0.2) is 11.6 Å². The SMILES string of the molecule is O=S(=O)(Nc1ccc(N2CCCCCC2)nn1)c1ccc2c(c1)CCCC2. The van der Waals surface area contributed by atoms with E-state index < -0.39 is 10.0 Å². The summed E-state index contributed by atoms with van der Waals surface area (Å²) in [6.07, 6.45) is 9.10. The van der Waals surface area contributed by atoms with Crippen LogP contribution in [0, 0.1) is 0 Å². The number of anilines is 2. The van der Waals surface area contributed by atoms with Crippen molar-refractivity contribution in [1.82, 2.24) is 10.2 Å². The van der Waals surface area contributed by atoms with E-state index in [-0.39, 0.29) is 5.82 Å². The first kappa shape index (κ1) is 18.2. The van der Waals surface area contributed by atoms with Gasteiger partial charge in [0.2, 0.25) is 0 Å². The van der Waals surface area contributed by atoms with Crippen molar-refractivity contribution in [2.75, 3.05) is 22.7 Å². The molecule has 1 aliphatic heterocycles. The first-order valence-corrected chi connectivity index (χ1v) is 11.3. The van der Waals surface area contributed by atoms with Crippen LogP contribution in [0.3, 0.4) is 0 Å². The Morgan fingerprint density at radius 2 is 1.56 bits per heavy atom. The normalized spacial score (nSPS) is 17.9. The molecule has 0 radical (unpaired) electrons. The van der Waals surface area contributed by atoms with Gasteiger partial charge in [-0.05, 0) is 73.9 Å². The molecule has 144 valence electrons. The Balaban J connectivity index is 1.49. The summed E-state index contributed by atoms with van der Waals surface area (Å²) in [7, 11) is -3.66. The Kier molecular flexibility index (Phi) is 5.29. The minimum atomic E-state index is -3.66. The maximum Gasteiger partial charge on any atom is 0.263 e. The van der Waals surface area contributed by atoms with Gasteiger partial charge in [0.1, 0.15) is 0 Å². The number of rotatable bonds is 4. The first-order chi connectivity index (χ1) is 13.1. The monoisotopic (exact) mass is 386 g/mol. The van der Waals surface area contributed by atoms with Crippen LogP contribution in [0.25, 0.3) is 0 Å². The third-order valence-electron chi connectivity index (χ3n) is 5.45. The molecule has 6 nitrogen and oxygen atoms in total. The summed E-state index contributed by atoms with van der Waals surface area (Å²) < 4.78 is 28.0. The van der Waals surface area contributed by atoms with Crippen LogP contribution < -0.4 is 9.62 Å². The third kappa shape index (κ3) is 4.24. The molecule has 1 aliphatic carbocycles. The van der Waals surface area contributed by atoms with Crippen LogP contribution in [0.1, 0.15) is 49.7 Å². The molecule has 1 aromatic carbocycles. The van der Waals surface area contributed by atoms with Gasteiger partial charge in [-0.25, -0.2) is 8.42 Å². The molecule has 0 spiro atoms. The quantitative estimate of drug-likeness (QED) is 0.870. The van der Waals surface area contributed by atoms with Gasteiger partial charge >= 0.3 is 0 Å². The molecule has 0 unspecified atom stereocenters. The zero-order chi connectivity index (χ0) is 18.7. The third-order valence-corrected chi connectivity index (χ3v) is 6.80. The molecular formula is C20H26N4O2S. The van der Waals surface area contributed by atoms with Crippen LogP contribution >= 0.6 is 0 Å². The van der Waals surface area contributed by atoms with Crippen molar-refractivity contribution in [3.05, 3.63) is 41.5 Å². The molecule has 1 saturated heterocycles. The summed E-state index contributed by atoms with van der Waals surface area (Å²) in [5, 5.41) is 8.34. The Morgan fingerprint density at radius 3 is 2.26 bits per heavy atom. The predicted octanol–water partition coefficient (Wildman–Crippen LogP) is 3.54. The summed E-state index contributed by atoms with van der Waals surface area (Å²) in [5.41, 5.74) is 2.41. The molecule has 0 amide bonds. The minimum Gasteiger partial charge on any atom is -0.355 e. The maximum atomic E-state index is 12.7. The lowest BCUT2D eigenvalue weighted by Crippen LogP contribution is -2.25. The largest absolute Gasteiger partial charge is 0.355 e. The fourth-order valence-electron chi connectivity index (χ4n) is 3.92. The van der Waals surface area contributed by atoms with E-state index in [0.29, 0.717) is 4.90 Å². The topological polar surface area (TPSA) is 75.2 Å². The van der Waals surface area contributed by atoms with Crippen molar-refractivity contribution >= 4 is 21.7 Å². The van der Waals surface area contributed by atoms with Gasteiger partial charge in [0, 0.05) is 13.1 Å². The van der Waals surface area contributed by atoms with Crippen LogP contribution in [0.4, 0.5) is 11.6 Å². The van der Waals surface area contributed by atoms with E-state index >= 15 is 0 Å². The molecule has 1 N–H and O–H groups in total. The van der Waals surface area contributed by atoms with Crippen LogP contribution in [-0.2, 0) is 22.9 Å². The fraction of sp³-hybridized carbons (Fsp3) is 0.500. The van der Waals surface area contributed by atoms with Crippen molar-refractivity contribution < 1.29 is 8.42 Å². The number of aryl methyl sites for hydroxylation is 2. The van der Waals surface area contributed by atoms with Crippen LogP contribution in [-0.4, -0.2) is 31.7 Å². The predicted molar refractivity (Wildman–Crippen MR) is 107 cm³/mol. The Bertz CT molecular complexity index is 889. The zero-order valence-corrected chi connectivity index (χ0v) is 16.3. The molecular weight excluding hydrogens is 360 g/mol. The molecule has 0 saturated carbocycles. The van der Waals surface area contributed by atoms with Gasteiger partial charge < -0.3 is 4.90 Å². The number of hydrogen-bond acceptors (Lipinski definition) is 5. The first-order valence-electron chi connectivity index (χ1n) is 9.85. The highest BCUT2D eigenvalue weighted by Crippen LogP contribution is 2.25. The Labute approximate surface area is 161 Å². The number of nitrogens with zero attached hydrogens (tertiary/aromatic N) is 3. The van der Waals surface area contributed by atoms with Crippen molar-refractivity contribution in [1.29, 1.82) is 0 Å². The average molecular weight is 387 g/mol.